The predicted molar refractivity (Wildman–Crippen MR) is 101 cm³/mol. The SMILES string of the molecule is CCOc1cccc(/C=C(/C#N)C(=O)Nc2ccccc2Br)c1OC(F)F. The molecule has 0 fully saturated rings. The van der Waals surface area contributed by atoms with Crippen molar-refractivity contribution in [1.29, 1.82) is 5.26 Å². The van der Waals surface area contributed by atoms with Crippen molar-refractivity contribution in [3.63, 3.8) is 0 Å². The molecule has 0 aliphatic carbocycles. The second-order valence-electron chi connectivity index (χ2n) is 5.09. The van der Waals surface area contributed by atoms with Gasteiger partial charge in [0.1, 0.15) is 11.6 Å². The van der Waals surface area contributed by atoms with Crippen LogP contribution in [0, 0.1) is 11.3 Å². The van der Waals surface area contributed by atoms with Gasteiger partial charge in [0.15, 0.2) is 11.5 Å². The number of carbonyl (C=O) groups is 1. The average molecular weight is 437 g/mol. The number of alkyl halides is 2. The lowest BCUT2D eigenvalue weighted by Gasteiger charge is -2.14. The van der Waals surface area contributed by atoms with E-state index in [9.17, 15) is 18.8 Å². The van der Waals surface area contributed by atoms with Gasteiger partial charge >= 0.3 is 6.61 Å². The number of hydrogen-bond donors (Lipinski definition) is 1. The number of carbonyl (C=O) groups excluding carboxylic acids is 1. The average Bonchev–Trinajstić information content (AvgIpc) is 2.63. The summed E-state index contributed by atoms with van der Waals surface area (Å²) >= 11 is 3.29. The van der Waals surface area contributed by atoms with E-state index < -0.39 is 12.5 Å². The molecule has 27 heavy (non-hydrogen) atoms. The smallest absolute Gasteiger partial charge is 0.387 e. The molecule has 0 heterocycles. The van der Waals surface area contributed by atoms with E-state index in [4.69, 9.17) is 4.74 Å². The third-order valence-corrected chi connectivity index (χ3v) is 3.99. The van der Waals surface area contributed by atoms with Gasteiger partial charge in [-0.3, -0.25) is 4.79 Å². The Kier molecular flexibility index (Phi) is 7.32. The van der Waals surface area contributed by atoms with Gasteiger partial charge in [0.25, 0.3) is 5.91 Å². The Bertz CT molecular complexity index is 895. The van der Waals surface area contributed by atoms with Crippen LogP contribution in [0.15, 0.2) is 52.5 Å². The number of nitriles is 1. The summed E-state index contributed by atoms with van der Waals surface area (Å²) in [5.74, 6) is -0.833. The van der Waals surface area contributed by atoms with Crippen molar-refractivity contribution in [2.45, 2.75) is 13.5 Å². The fraction of sp³-hybridized carbons (Fsp3) is 0.158. The minimum atomic E-state index is -3.08. The summed E-state index contributed by atoms with van der Waals surface area (Å²) in [5.41, 5.74) is 0.314. The van der Waals surface area contributed by atoms with Crippen LogP contribution in [0.25, 0.3) is 6.08 Å². The Labute approximate surface area is 163 Å². The maximum Gasteiger partial charge on any atom is 0.387 e. The van der Waals surface area contributed by atoms with Crippen LogP contribution in [0.5, 0.6) is 11.5 Å². The molecule has 0 radical (unpaired) electrons. The monoisotopic (exact) mass is 436 g/mol. The van der Waals surface area contributed by atoms with Crippen molar-refractivity contribution in [1.82, 2.24) is 0 Å². The van der Waals surface area contributed by atoms with Crippen LogP contribution in [0.2, 0.25) is 0 Å². The second kappa shape index (κ2) is 9.69. The Morgan fingerprint density at radius 2 is 2.04 bits per heavy atom. The second-order valence-corrected chi connectivity index (χ2v) is 5.94. The highest BCUT2D eigenvalue weighted by atomic mass is 79.9. The first kappa shape index (κ1) is 20.4. The van der Waals surface area contributed by atoms with Crippen LogP contribution in [0.3, 0.4) is 0 Å². The van der Waals surface area contributed by atoms with Crippen LogP contribution in [0.4, 0.5) is 14.5 Å². The zero-order valence-electron chi connectivity index (χ0n) is 14.2. The van der Waals surface area contributed by atoms with Crippen molar-refractivity contribution in [3.8, 4) is 17.6 Å². The minimum absolute atomic E-state index is 0.0926. The van der Waals surface area contributed by atoms with Crippen LogP contribution in [-0.2, 0) is 4.79 Å². The minimum Gasteiger partial charge on any atom is -0.490 e. The van der Waals surface area contributed by atoms with Gasteiger partial charge in [0.05, 0.1) is 12.3 Å². The Morgan fingerprint density at radius 1 is 1.30 bits per heavy atom. The van der Waals surface area contributed by atoms with Crippen molar-refractivity contribution in [2.24, 2.45) is 0 Å². The van der Waals surface area contributed by atoms with Crippen LogP contribution in [-0.4, -0.2) is 19.1 Å². The van der Waals surface area contributed by atoms with E-state index in [1.807, 2.05) is 0 Å². The number of para-hydroxylation sites is 2. The van der Waals surface area contributed by atoms with E-state index in [-0.39, 0.29) is 29.2 Å². The fourth-order valence-corrected chi connectivity index (χ4v) is 2.57. The fourth-order valence-electron chi connectivity index (χ4n) is 2.19. The molecule has 8 heteroatoms. The van der Waals surface area contributed by atoms with Crippen molar-refractivity contribution in [3.05, 3.63) is 58.1 Å². The molecule has 5 nitrogen and oxygen atoms in total. The van der Waals surface area contributed by atoms with Crippen LogP contribution < -0.4 is 14.8 Å². The highest BCUT2D eigenvalue weighted by Crippen LogP contribution is 2.34. The molecule has 0 saturated heterocycles. The molecule has 0 aliphatic rings. The van der Waals surface area contributed by atoms with Crippen LogP contribution >= 0.6 is 15.9 Å². The summed E-state index contributed by atoms with van der Waals surface area (Å²) in [6, 6.07) is 13.1. The number of benzene rings is 2. The van der Waals surface area contributed by atoms with E-state index >= 15 is 0 Å². The molecule has 0 spiro atoms. The van der Waals surface area contributed by atoms with Gasteiger partial charge in [-0.05, 0) is 47.1 Å². The van der Waals surface area contributed by atoms with E-state index in [1.54, 1.807) is 43.3 Å². The van der Waals surface area contributed by atoms with E-state index in [0.717, 1.165) is 0 Å². The lowest BCUT2D eigenvalue weighted by atomic mass is 10.1. The van der Waals surface area contributed by atoms with Gasteiger partial charge in [0, 0.05) is 10.0 Å². The number of hydrogen-bond acceptors (Lipinski definition) is 4. The number of nitrogens with zero attached hydrogens (tertiary/aromatic N) is 1. The highest BCUT2D eigenvalue weighted by molar-refractivity contribution is 9.10. The van der Waals surface area contributed by atoms with E-state index in [1.165, 1.54) is 18.2 Å². The first-order chi connectivity index (χ1) is 13.0. The van der Waals surface area contributed by atoms with Gasteiger partial charge in [-0.1, -0.05) is 24.3 Å². The summed E-state index contributed by atoms with van der Waals surface area (Å²) in [6.07, 6.45) is 1.17. The molecule has 1 amide bonds. The summed E-state index contributed by atoms with van der Waals surface area (Å²) in [7, 11) is 0. The number of amides is 1. The van der Waals surface area contributed by atoms with E-state index in [2.05, 4.69) is 26.0 Å². The standard InChI is InChI=1S/C19H15BrF2N2O3/c1-2-26-16-9-5-6-12(17(16)27-19(21)22)10-13(11-23)18(25)24-15-8-4-3-7-14(15)20/h3-10,19H,2H2,1H3,(H,24,25)/b13-10-. The highest BCUT2D eigenvalue weighted by Gasteiger charge is 2.17. The molecule has 0 bridgehead atoms. The number of ether oxygens (including phenoxy) is 2. The maximum atomic E-state index is 12.8. The summed E-state index contributed by atoms with van der Waals surface area (Å²) < 4.78 is 36.0. The largest absolute Gasteiger partial charge is 0.490 e. The summed E-state index contributed by atoms with van der Waals surface area (Å²) in [6.45, 7) is -1.15. The molecule has 2 rings (SSSR count). The normalized spacial score (nSPS) is 11.0. The van der Waals surface area contributed by atoms with Crippen LogP contribution in [0.1, 0.15) is 12.5 Å². The van der Waals surface area contributed by atoms with Gasteiger partial charge in [-0.25, -0.2) is 0 Å². The topological polar surface area (TPSA) is 71.3 Å². The zero-order chi connectivity index (χ0) is 19.8. The lowest BCUT2D eigenvalue weighted by Crippen LogP contribution is -2.14. The quantitative estimate of drug-likeness (QED) is 0.489. The Hall–Kier alpha value is -2.92. The number of rotatable bonds is 7. The first-order valence-corrected chi connectivity index (χ1v) is 8.63. The molecule has 140 valence electrons. The maximum absolute atomic E-state index is 12.8. The molecule has 0 aliphatic heterocycles. The number of anilines is 1. The first-order valence-electron chi connectivity index (χ1n) is 7.84. The third kappa shape index (κ3) is 5.53. The molecule has 0 unspecified atom stereocenters. The molecule has 1 N–H and O–H groups in total. The summed E-state index contributed by atoms with van der Waals surface area (Å²) in [4.78, 5) is 12.4. The van der Waals surface area contributed by atoms with Gasteiger partial charge < -0.3 is 14.8 Å². The zero-order valence-corrected chi connectivity index (χ0v) is 15.8. The van der Waals surface area contributed by atoms with Crippen molar-refractivity contribution in [2.75, 3.05) is 11.9 Å². The number of halogens is 3. The molecular weight excluding hydrogens is 422 g/mol. The summed E-state index contributed by atoms with van der Waals surface area (Å²) in [5, 5.41) is 11.9. The molecule has 2 aromatic rings. The van der Waals surface area contributed by atoms with E-state index in [0.29, 0.717) is 10.2 Å². The molecule has 0 aromatic heterocycles. The molecule has 0 saturated carbocycles. The molecule has 0 atom stereocenters. The Balaban J connectivity index is 2.39. The van der Waals surface area contributed by atoms with Crippen molar-refractivity contribution < 1.29 is 23.0 Å². The van der Waals surface area contributed by atoms with Gasteiger partial charge in [-0.15, -0.1) is 0 Å². The third-order valence-electron chi connectivity index (χ3n) is 3.30. The van der Waals surface area contributed by atoms with Gasteiger partial charge in [0.2, 0.25) is 0 Å². The Morgan fingerprint density at radius 3 is 2.67 bits per heavy atom. The lowest BCUT2D eigenvalue weighted by molar-refractivity contribution is -0.112. The molecule has 2 aromatic carbocycles. The van der Waals surface area contributed by atoms with Gasteiger partial charge in [-0.2, -0.15) is 14.0 Å². The van der Waals surface area contributed by atoms with Crippen molar-refractivity contribution >= 4 is 33.6 Å². The predicted octanol–water partition coefficient (Wildman–Crippen LogP) is 4.99. The number of nitrogens with one attached hydrogen (secondary N) is 1. The molecular formula is C19H15BrF2N2O3.